The van der Waals surface area contributed by atoms with Crippen molar-refractivity contribution in [3.63, 3.8) is 0 Å². The molecule has 0 aromatic heterocycles. The van der Waals surface area contributed by atoms with Crippen molar-refractivity contribution in [1.82, 2.24) is 0 Å². The number of rotatable bonds is 2. The van der Waals surface area contributed by atoms with E-state index in [4.69, 9.17) is 0 Å². The molecule has 2 rings (SSSR count). The molecule has 0 radical (unpaired) electrons. The van der Waals surface area contributed by atoms with E-state index in [-0.39, 0.29) is 10.1 Å². The van der Waals surface area contributed by atoms with Gasteiger partial charge in [-0.05, 0) is 31.4 Å². The third-order valence-electron chi connectivity index (χ3n) is 2.75. The Morgan fingerprint density at radius 1 is 1.33 bits per heavy atom. The van der Waals surface area contributed by atoms with Gasteiger partial charge in [0.05, 0.1) is 27.0 Å². The molecule has 3 unspecified atom stereocenters. The first kappa shape index (κ1) is 10.8. The second kappa shape index (κ2) is 4.41. The van der Waals surface area contributed by atoms with Crippen LogP contribution in [0.15, 0.2) is 29.2 Å². The number of hydrogen-bond acceptors (Lipinski definition) is 2. The van der Waals surface area contributed by atoms with E-state index < -0.39 is 22.7 Å². The predicted octanol–water partition coefficient (Wildman–Crippen LogP) is 1.85. The molecule has 2 nitrogen and oxygen atoms in total. The summed E-state index contributed by atoms with van der Waals surface area (Å²) in [6, 6.07) is 6.06. The van der Waals surface area contributed by atoms with E-state index in [1.54, 1.807) is 12.1 Å². The highest BCUT2D eigenvalue weighted by Crippen LogP contribution is 2.28. The van der Waals surface area contributed by atoms with Gasteiger partial charge in [0.25, 0.3) is 0 Å². The minimum atomic E-state index is -1.43. The lowest BCUT2D eigenvalue weighted by molar-refractivity contribution is 0.186. The van der Waals surface area contributed by atoms with Crippen LogP contribution in [-0.2, 0) is 10.8 Å². The van der Waals surface area contributed by atoms with Gasteiger partial charge < -0.3 is 5.11 Å². The van der Waals surface area contributed by atoms with Gasteiger partial charge in [0.1, 0.15) is 5.82 Å². The van der Waals surface area contributed by atoms with Crippen LogP contribution in [0.25, 0.3) is 0 Å². The summed E-state index contributed by atoms with van der Waals surface area (Å²) in [7, 11) is -1.43. The van der Waals surface area contributed by atoms with Crippen molar-refractivity contribution >= 4 is 10.8 Å². The average Bonchev–Trinajstić information content (AvgIpc) is 2.64. The summed E-state index contributed by atoms with van der Waals surface area (Å²) in [5.41, 5.74) is 0. The molecule has 4 heteroatoms. The van der Waals surface area contributed by atoms with Gasteiger partial charge in [-0.15, -0.1) is 0 Å². The molecule has 0 bridgehead atoms. The van der Waals surface area contributed by atoms with Crippen molar-refractivity contribution in [1.29, 1.82) is 0 Å². The molecule has 3 atom stereocenters. The van der Waals surface area contributed by atoms with Crippen LogP contribution in [0.1, 0.15) is 19.3 Å². The van der Waals surface area contributed by atoms with Gasteiger partial charge in [-0.2, -0.15) is 0 Å². The molecule has 0 spiro atoms. The topological polar surface area (TPSA) is 37.3 Å². The van der Waals surface area contributed by atoms with Gasteiger partial charge >= 0.3 is 0 Å². The van der Waals surface area contributed by atoms with Crippen LogP contribution in [0.5, 0.6) is 0 Å². The summed E-state index contributed by atoms with van der Waals surface area (Å²) in [5, 5.41) is 9.29. The minimum absolute atomic E-state index is 0.212. The summed E-state index contributed by atoms with van der Waals surface area (Å²) in [4.78, 5) is 0.212. The normalized spacial score (nSPS) is 27.9. The summed E-state index contributed by atoms with van der Waals surface area (Å²) < 4.78 is 25.3. The maximum Gasteiger partial charge on any atom is 0.139 e. The van der Waals surface area contributed by atoms with E-state index in [1.807, 2.05) is 0 Å². The lowest BCUT2D eigenvalue weighted by Gasteiger charge is -2.14. The second-order valence-electron chi connectivity index (χ2n) is 3.76. The molecule has 15 heavy (non-hydrogen) atoms. The molecule has 0 heterocycles. The molecule has 82 valence electrons. The van der Waals surface area contributed by atoms with E-state index in [2.05, 4.69) is 0 Å². The van der Waals surface area contributed by atoms with Crippen molar-refractivity contribution in [3.05, 3.63) is 30.1 Å². The second-order valence-corrected chi connectivity index (χ2v) is 5.40. The molecule has 1 N–H and O–H groups in total. The Kier molecular flexibility index (Phi) is 3.17. The number of aliphatic hydroxyl groups is 1. The first-order chi connectivity index (χ1) is 7.20. The molecular weight excluding hydrogens is 215 g/mol. The maximum absolute atomic E-state index is 13.3. The summed E-state index contributed by atoms with van der Waals surface area (Å²) in [6.45, 7) is 0. The fourth-order valence-electron chi connectivity index (χ4n) is 1.93. The summed E-state index contributed by atoms with van der Waals surface area (Å²) in [5.74, 6) is -0.449. The predicted molar refractivity (Wildman–Crippen MR) is 56.5 cm³/mol. The van der Waals surface area contributed by atoms with Gasteiger partial charge in [0.2, 0.25) is 0 Å². The van der Waals surface area contributed by atoms with Crippen molar-refractivity contribution in [2.75, 3.05) is 0 Å². The highest BCUT2D eigenvalue weighted by Gasteiger charge is 2.32. The third-order valence-corrected chi connectivity index (χ3v) is 4.61. The molecule has 1 aliphatic carbocycles. The molecule has 1 saturated carbocycles. The zero-order valence-corrected chi connectivity index (χ0v) is 9.04. The van der Waals surface area contributed by atoms with Crippen LogP contribution in [0.4, 0.5) is 4.39 Å². The zero-order chi connectivity index (χ0) is 10.8. The van der Waals surface area contributed by atoms with Crippen LogP contribution in [0, 0.1) is 5.82 Å². The number of hydrogen-bond donors (Lipinski definition) is 1. The van der Waals surface area contributed by atoms with E-state index in [0.717, 1.165) is 6.42 Å². The van der Waals surface area contributed by atoms with E-state index in [1.165, 1.54) is 12.1 Å². The van der Waals surface area contributed by atoms with E-state index >= 15 is 0 Å². The smallest absolute Gasteiger partial charge is 0.139 e. The van der Waals surface area contributed by atoms with Gasteiger partial charge in [0, 0.05) is 0 Å². The Morgan fingerprint density at radius 2 is 2.07 bits per heavy atom. The fourth-order valence-corrected chi connectivity index (χ4v) is 3.53. The molecule has 1 aromatic carbocycles. The Labute approximate surface area is 90.6 Å². The number of aliphatic hydroxyl groups excluding tert-OH is 1. The Bertz CT molecular complexity index is 381. The Balaban J connectivity index is 2.24. The van der Waals surface area contributed by atoms with Crippen LogP contribution in [-0.4, -0.2) is 20.7 Å². The van der Waals surface area contributed by atoms with Crippen molar-refractivity contribution in [2.24, 2.45) is 0 Å². The standard InChI is InChI=1S/C11H13FO2S/c12-8-4-1-2-6-10(8)15(14)11-7-3-5-9(11)13/h1-2,4,6,9,11,13H,3,5,7H2. The van der Waals surface area contributed by atoms with Gasteiger partial charge in [-0.3, -0.25) is 4.21 Å². The molecule has 0 aliphatic heterocycles. The first-order valence-electron chi connectivity index (χ1n) is 5.03. The average molecular weight is 228 g/mol. The Morgan fingerprint density at radius 3 is 2.67 bits per heavy atom. The van der Waals surface area contributed by atoms with Crippen LogP contribution in [0.3, 0.4) is 0 Å². The first-order valence-corrected chi connectivity index (χ1v) is 6.24. The molecule has 1 aromatic rings. The molecule has 1 fully saturated rings. The molecule has 0 amide bonds. The maximum atomic E-state index is 13.3. The third kappa shape index (κ3) is 2.11. The quantitative estimate of drug-likeness (QED) is 0.838. The number of benzene rings is 1. The molecule has 0 saturated heterocycles. The molecular formula is C11H13FO2S. The Hall–Kier alpha value is -0.740. The highest BCUT2D eigenvalue weighted by molar-refractivity contribution is 7.85. The number of halogens is 1. The lowest BCUT2D eigenvalue weighted by atomic mass is 10.3. The van der Waals surface area contributed by atoms with Crippen LogP contribution in [0.2, 0.25) is 0 Å². The van der Waals surface area contributed by atoms with Gasteiger partial charge in [0.15, 0.2) is 0 Å². The van der Waals surface area contributed by atoms with Gasteiger partial charge in [-0.25, -0.2) is 4.39 Å². The van der Waals surface area contributed by atoms with Crippen molar-refractivity contribution in [3.8, 4) is 0 Å². The van der Waals surface area contributed by atoms with Crippen LogP contribution < -0.4 is 0 Å². The fraction of sp³-hybridized carbons (Fsp3) is 0.455. The van der Waals surface area contributed by atoms with E-state index in [0.29, 0.717) is 12.8 Å². The summed E-state index contributed by atoms with van der Waals surface area (Å²) >= 11 is 0. The lowest BCUT2D eigenvalue weighted by Crippen LogP contribution is -2.25. The monoisotopic (exact) mass is 228 g/mol. The minimum Gasteiger partial charge on any atom is -0.392 e. The largest absolute Gasteiger partial charge is 0.392 e. The zero-order valence-electron chi connectivity index (χ0n) is 8.23. The van der Waals surface area contributed by atoms with Gasteiger partial charge in [-0.1, -0.05) is 12.1 Å². The SMILES string of the molecule is O=S(c1ccccc1F)C1CCCC1O. The molecule has 1 aliphatic rings. The summed E-state index contributed by atoms with van der Waals surface area (Å²) in [6.07, 6.45) is 1.70. The van der Waals surface area contributed by atoms with Crippen LogP contribution >= 0.6 is 0 Å². The van der Waals surface area contributed by atoms with E-state index in [9.17, 15) is 13.7 Å². The highest BCUT2D eigenvalue weighted by atomic mass is 32.2. The van der Waals surface area contributed by atoms with Crippen molar-refractivity contribution in [2.45, 2.75) is 35.5 Å². The van der Waals surface area contributed by atoms with Crippen molar-refractivity contribution < 1.29 is 13.7 Å².